The van der Waals surface area contributed by atoms with Crippen LogP contribution in [0.25, 0.3) is 0 Å². The zero-order valence-electron chi connectivity index (χ0n) is 18.4. The van der Waals surface area contributed by atoms with Gasteiger partial charge in [0.25, 0.3) is 17.6 Å². The summed E-state index contributed by atoms with van der Waals surface area (Å²) in [6.45, 7) is 5.10. The number of nitrogen functional groups attached to an aromatic ring is 1. The Morgan fingerprint density at radius 1 is 1.32 bits per heavy atom. The molecular weight excluding hydrogens is 484 g/mol. The lowest BCUT2D eigenvalue weighted by Crippen LogP contribution is -2.71. The minimum Gasteiger partial charge on any atom is -0.428 e. The van der Waals surface area contributed by atoms with E-state index in [2.05, 4.69) is 16.9 Å². The van der Waals surface area contributed by atoms with Crippen LogP contribution in [-0.2, 0) is 28.7 Å². The number of nitrogens with one attached hydrogen (secondary N) is 1. The van der Waals surface area contributed by atoms with E-state index in [1.807, 2.05) is 6.92 Å². The van der Waals surface area contributed by atoms with E-state index in [-0.39, 0.29) is 22.9 Å². The van der Waals surface area contributed by atoms with E-state index in [1.165, 1.54) is 28.1 Å². The summed E-state index contributed by atoms with van der Waals surface area (Å²) in [4.78, 5) is 66.7. The van der Waals surface area contributed by atoms with Gasteiger partial charge in [0.05, 0.1) is 0 Å². The molecule has 1 aromatic heterocycles. The SMILES string of the molecule is C=CC1=C(C(=O)OCOC(=O)CCCCC)N2C(=O)C(NC(=O)C(=O)c3csc(N)n3)[C@H]2SC1. The molecule has 1 aromatic rings. The molecule has 3 N–H and O–H groups in total. The first-order chi connectivity index (χ1) is 16.3. The molecule has 0 saturated carbocycles. The fraction of sp³-hybridized carbons (Fsp3) is 0.429. The van der Waals surface area contributed by atoms with Crippen LogP contribution in [0.15, 0.2) is 29.3 Å². The third-order valence-corrected chi connectivity index (χ3v) is 7.06. The van der Waals surface area contributed by atoms with Crippen LogP contribution in [0.3, 0.4) is 0 Å². The predicted molar refractivity (Wildman–Crippen MR) is 124 cm³/mol. The second-order valence-corrected chi connectivity index (χ2v) is 9.36. The van der Waals surface area contributed by atoms with Crippen LogP contribution in [0.2, 0.25) is 0 Å². The van der Waals surface area contributed by atoms with Gasteiger partial charge in [-0.15, -0.1) is 23.1 Å². The third-order valence-electron chi connectivity index (χ3n) is 5.08. The molecule has 2 aliphatic rings. The zero-order chi connectivity index (χ0) is 24.8. The normalized spacial score (nSPS) is 19.1. The molecular formula is C21H24N4O7S2. The van der Waals surface area contributed by atoms with E-state index in [0.717, 1.165) is 24.2 Å². The summed E-state index contributed by atoms with van der Waals surface area (Å²) in [6.07, 6.45) is 4.19. The number of nitrogens with two attached hydrogens (primary N) is 1. The van der Waals surface area contributed by atoms with Crippen molar-refractivity contribution in [3.8, 4) is 0 Å². The number of carbonyl (C=O) groups is 5. The van der Waals surface area contributed by atoms with Crippen molar-refractivity contribution in [2.24, 2.45) is 0 Å². The largest absolute Gasteiger partial charge is 0.428 e. The molecule has 0 aliphatic carbocycles. The Labute approximate surface area is 203 Å². The molecule has 0 spiro atoms. The number of aromatic nitrogens is 1. The Hall–Kier alpha value is -3.19. The Morgan fingerprint density at radius 3 is 2.74 bits per heavy atom. The van der Waals surface area contributed by atoms with Crippen LogP contribution in [0.4, 0.5) is 5.13 Å². The van der Waals surface area contributed by atoms with Crippen LogP contribution in [0.1, 0.15) is 43.1 Å². The number of thiazole rings is 1. The first kappa shape index (κ1) is 25.4. The molecule has 2 amide bonds. The summed E-state index contributed by atoms with van der Waals surface area (Å²) in [5, 5.41) is 3.28. The molecule has 0 radical (unpaired) electrons. The van der Waals surface area contributed by atoms with Gasteiger partial charge in [-0.3, -0.25) is 24.1 Å². The van der Waals surface area contributed by atoms with Crippen molar-refractivity contribution in [1.29, 1.82) is 0 Å². The van der Waals surface area contributed by atoms with Crippen molar-refractivity contribution in [3.63, 3.8) is 0 Å². The van der Waals surface area contributed by atoms with Gasteiger partial charge in [0, 0.05) is 17.6 Å². The number of anilines is 1. The number of Topliss-reactive ketones (excluding diaryl/α,β-unsaturated/α-hetero) is 1. The first-order valence-corrected chi connectivity index (χ1v) is 12.4. The number of ketones is 1. The molecule has 0 bridgehead atoms. The third kappa shape index (κ3) is 5.47. The lowest BCUT2D eigenvalue weighted by Gasteiger charge is -2.49. The first-order valence-electron chi connectivity index (χ1n) is 10.5. The topological polar surface area (TPSA) is 158 Å². The number of hydrogen-bond acceptors (Lipinski definition) is 11. The maximum atomic E-state index is 12.8. The second-order valence-electron chi connectivity index (χ2n) is 7.36. The van der Waals surface area contributed by atoms with Crippen molar-refractivity contribution in [2.45, 2.75) is 44.0 Å². The molecule has 1 fully saturated rings. The van der Waals surface area contributed by atoms with E-state index in [0.29, 0.717) is 17.7 Å². The average molecular weight is 509 g/mol. The molecule has 2 aliphatic heterocycles. The van der Waals surface area contributed by atoms with Gasteiger partial charge in [-0.05, 0) is 12.0 Å². The minimum atomic E-state index is -1.01. The van der Waals surface area contributed by atoms with Crippen LogP contribution >= 0.6 is 23.1 Å². The highest BCUT2D eigenvalue weighted by Gasteiger charge is 2.54. The smallest absolute Gasteiger partial charge is 0.358 e. The highest BCUT2D eigenvalue weighted by atomic mass is 32.2. The number of carbonyl (C=O) groups excluding carboxylic acids is 5. The summed E-state index contributed by atoms with van der Waals surface area (Å²) in [5.74, 6) is -3.51. The van der Waals surface area contributed by atoms with E-state index >= 15 is 0 Å². The van der Waals surface area contributed by atoms with Crippen LogP contribution in [0.5, 0.6) is 0 Å². The molecule has 13 heteroatoms. The molecule has 3 heterocycles. The van der Waals surface area contributed by atoms with Crippen molar-refractivity contribution >= 4 is 57.8 Å². The molecule has 11 nitrogen and oxygen atoms in total. The Morgan fingerprint density at radius 2 is 2.09 bits per heavy atom. The van der Waals surface area contributed by atoms with Gasteiger partial charge in [-0.1, -0.05) is 32.4 Å². The van der Waals surface area contributed by atoms with E-state index in [1.54, 1.807) is 0 Å². The summed E-state index contributed by atoms with van der Waals surface area (Å²) in [7, 11) is 0. The standard InChI is InChI=1S/C21H24N4O7S2/c1-3-5-6-7-13(26)31-10-32-20(30)15-11(4-2)8-33-19-14(18(29)25(15)19)24-17(28)16(27)12-9-34-21(22)23-12/h4,9,14,19H,2-3,5-8,10H2,1H3,(H2,22,23)(H,24,28)/t14?,19-/m1/s1. The number of thioether (sulfide) groups is 1. The van der Waals surface area contributed by atoms with Gasteiger partial charge >= 0.3 is 11.9 Å². The average Bonchev–Trinajstić information content (AvgIpc) is 3.26. The number of amides is 2. The number of ether oxygens (including phenoxy) is 2. The lowest BCUT2D eigenvalue weighted by molar-refractivity contribution is -0.168. The van der Waals surface area contributed by atoms with Crippen molar-refractivity contribution in [2.75, 3.05) is 18.3 Å². The summed E-state index contributed by atoms with van der Waals surface area (Å²) in [6, 6.07) is -1.01. The number of β-lactam (4-membered cyclic amide) rings is 1. The molecule has 1 unspecified atom stereocenters. The van der Waals surface area contributed by atoms with Crippen LogP contribution < -0.4 is 11.1 Å². The monoisotopic (exact) mass is 508 g/mol. The predicted octanol–water partition coefficient (Wildman–Crippen LogP) is 1.37. The molecule has 1 saturated heterocycles. The number of rotatable bonds is 11. The van der Waals surface area contributed by atoms with Gasteiger partial charge in [0.1, 0.15) is 22.8 Å². The lowest BCUT2D eigenvalue weighted by atomic mass is 10.0. The van der Waals surface area contributed by atoms with Crippen molar-refractivity contribution < 1.29 is 33.4 Å². The highest BCUT2D eigenvalue weighted by Crippen LogP contribution is 2.40. The van der Waals surface area contributed by atoms with Gasteiger partial charge in [-0.2, -0.15) is 0 Å². The number of nitrogens with zero attached hydrogens (tertiary/aromatic N) is 2. The Kier molecular flexibility index (Phi) is 8.45. The van der Waals surface area contributed by atoms with Crippen LogP contribution in [0, 0.1) is 0 Å². The van der Waals surface area contributed by atoms with E-state index < -0.39 is 47.7 Å². The Bertz CT molecular complexity index is 1050. The molecule has 2 atom stereocenters. The highest BCUT2D eigenvalue weighted by molar-refractivity contribution is 8.00. The summed E-state index contributed by atoms with van der Waals surface area (Å²) in [5.41, 5.74) is 5.81. The second kappa shape index (κ2) is 11.3. The van der Waals surface area contributed by atoms with E-state index in [9.17, 15) is 24.0 Å². The molecule has 34 heavy (non-hydrogen) atoms. The van der Waals surface area contributed by atoms with Crippen molar-refractivity contribution in [1.82, 2.24) is 15.2 Å². The zero-order valence-corrected chi connectivity index (χ0v) is 20.0. The fourth-order valence-corrected chi connectivity index (χ4v) is 5.20. The summed E-state index contributed by atoms with van der Waals surface area (Å²) >= 11 is 2.31. The molecule has 182 valence electrons. The number of esters is 2. The van der Waals surface area contributed by atoms with E-state index in [4.69, 9.17) is 15.2 Å². The Balaban J connectivity index is 1.60. The van der Waals surface area contributed by atoms with Gasteiger partial charge in [0.2, 0.25) is 6.79 Å². The number of unbranched alkanes of at least 4 members (excludes halogenated alkanes) is 2. The molecule has 3 rings (SSSR count). The van der Waals surface area contributed by atoms with Gasteiger partial charge < -0.3 is 20.5 Å². The number of hydrogen-bond donors (Lipinski definition) is 2. The maximum absolute atomic E-state index is 12.8. The number of fused-ring (bicyclic) bond motifs is 1. The summed E-state index contributed by atoms with van der Waals surface area (Å²) < 4.78 is 9.98. The fourth-order valence-electron chi connectivity index (χ4n) is 3.31. The quantitative estimate of drug-likeness (QED) is 0.112. The van der Waals surface area contributed by atoms with Crippen molar-refractivity contribution in [3.05, 3.63) is 35.0 Å². The molecule has 0 aromatic carbocycles. The van der Waals surface area contributed by atoms with Gasteiger partial charge in [0.15, 0.2) is 5.13 Å². The van der Waals surface area contributed by atoms with Crippen LogP contribution in [-0.4, -0.2) is 63.4 Å². The minimum absolute atomic E-state index is 0.0325. The maximum Gasteiger partial charge on any atom is 0.358 e. The number of allylic oxidation sites excluding steroid dienone is 1. The van der Waals surface area contributed by atoms with Gasteiger partial charge in [-0.25, -0.2) is 9.78 Å².